The third-order valence-electron chi connectivity index (χ3n) is 4.23. The highest BCUT2D eigenvalue weighted by atomic mass is 15.0. The summed E-state index contributed by atoms with van der Waals surface area (Å²) in [5.41, 5.74) is 5.11. The minimum atomic E-state index is 0.777. The van der Waals surface area contributed by atoms with Gasteiger partial charge in [-0.1, -0.05) is 33.1 Å². The number of aromatic nitrogens is 2. The molecule has 1 heterocycles. The molecule has 0 saturated heterocycles. The Balaban J connectivity index is 2.22. The number of nitrogens with zero attached hydrogens (tertiary/aromatic N) is 2. The van der Waals surface area contributed by atoms with Crippen LogP contribution >= 0.6 is 0 Å². The standard InChI is InChI=1S/C17H26N2/c1-5-7-8-15(6-2)11-19-12-18-16-9-13(3)14(4)10-17(16)19/h9-10,12,15H,5-8,11H2,1-4H3. The van der Waals surface area contributed by atoms with E-state index in [1.54, 1.807) is 0 Å². The average molecular weight is 258 g/mol. The molecule has 0 aliphatic heterocycles. The Morgan fingerprint density at radius 1 is 1.16 bits per heavy atom. The maximum atomic E-state index is 4.55. The largest absolute Gasteiger partial charge is 0.330 e. The van der Waals surface area contributed by atoms with E-state index >= 15 is 0 Å². The third-order valence-corrected chi connectivity index (χ3v) is 4.23. The van der Waals surface area contributed by atoms with Crippen molar-refractivity contribution in [3.8, 4) is 0 Å². The predicted octanol–water partition coefficient (Wildman–Crippen LogP) is 4.87. The highest BCUT2D eigenvalue weighted by molar-refractivity contribution is 5.77. The fourth-order valence-electron chi connectivity index (χ4n) is 2.65. The van der Waals surface area contributed by atoms with Crippen molar-refractivity contribution in [2.24, 2.45) is 5.92 Å². The molecule has 0 spiro atoms. The zero-order chi connectivity index (χ0) is 13.8. The summed E-state index contributed by atoms with van der Waals surface area (Å²) in [5.74, 6) is 0.777. The van der Waals surface area contributed by atoms with E-state index in [1.165, 1.54) is 42.3 Å². The molecule has 0 fully saturated rings. The first-order valence-electron chi connectivity index (χ1n) is 7.57. The summed E-state index contributed by atoms with van der Waals surface area (Å²) >= 11 is 0. The number of fused-ring (bicyclic) bond motifs is 1. The fraction of sp³-hybridized carbons (Fsp3) is 0.588. The van der Waals surface area contributed by atoms with Gasteiger partial charge in [-0.2, -0.15) is 0 Å². The lowest BCUT2D eigenvalue weighted by Crippen LogP contribution is -2.09. The Kier molecular flexibility index (Phi) is 4.62. The summed E-state index contributed by atoms with van der Waals surface area (Å²) < 4.78 is 2.34. The van der Waals surface area contributed by atoms with Crippen molar-refractivity contribution >= 4 is 11.0 Å². The highest BCUT2D eigenvalue weighted by Crippen LogP contribution is 2.21. The van der Waals surface area contributed by atoms with Crippen LogP contribution in [-0.2, 0) is 6.54 Å². The second kappa shape index (κ2) is 6.23. The fourth-order valence-corrected chi connectivity index (χ4v) is 2.65. The van der Waals surface area contributed by atoms with Crippen LogP contribution < -0.4 is 0 Å². The smallest absolute Gasteiger partial charge is 0.0958 e. The van der Waals surface area contributed by atoms with E-state index in [1.807, 2.05) is 6.33 Å². The van der Waals surface area contributed by atoms with Gasteiger partial charge in [-0.05, 0) is 49.4 Å². The molecular weight excluding hydrogens is 232 g/mol. The van der Waals surface area contributed by atoms with E-state index in [0.717, 1.165) is 18.0 Å². The van der Waals surface area contributed by atoms with Gasteiger partial charge in [0.25, 0.3) is 0 Å². The molecule has 2 heteroatoms. The van der Waals surface area contributed by atoms with Crippen molar-refractivity contribution in [2.75, 3.05) is 0 Å². The lowest BCUT2D eigenvalue weighted by atomic mass is 9.99. The first kappa shape index (κ1) is 14.1. The van der Waals surface area contributed by atoms with Crippen molar-refractivity contribution in [3.05, 3.63) is 29.6 Å². The van der Waals surface area contributed by atoms with E-state index in [2.05, 4.69) is 49.4 Å². The van der Waals surface area contributed by atoms with Crippen molar-refractivity contribution < 1.29 is 0 Å². The van der Waals surface area contributed by atoms with E-state index in [9.17, 15) is 0 Å². The van der Waals surface area contributed by atoms with Crippen LogP contribution in [0, 0.1) is 19.8 Å². The van der Waals surface area contributed by atoms with Crippen molar-refractivity contribution in [3.63, 3.8) is 0 Å². The quantitative estimate of drug-likeness (QED) is 0.722. The van der Waals surface area contributed by atoms with Crippen LogP contribution in [0.2, 0.25) is 0 Å². The normalized spacial score (nSPS) is 13.1. The molecule has 1 atom stereocenters. The minimum Gasteiger partial charge on any atom is -0.330 e. The SMILES string of the molecule is CCCCC(CC)Cn1cnc2cc(C)c(C)cc21. The molecule has 2 rings (SSSR count). The van der Waals surface area contributed by atoms with Crippen LogP contribution in [0.3, 0.4) is 0 Å². The van der Waals surface area contributed by atoms with Crippen LogP contribution in [0.4, 0.5) is 0 Å². The molecule has 1 aromatic heterocycles. The summed E-state index contributed by atoms with van der Waals surface area (Å²) in [5, 5.41) is 0. The second-order valence-corrected chi connectivity index (χ2v) is 5.74. The number of aryl methyl sites for hydroxylation is 2. The van der Waals surface area contributed by atoms with E-state index < -0.39 is 0 Å². The Hall–Kier alpha value is -1.31. The Morgan fingerprint density at radius 2 is 1.89 bits per heavy atom. The molecule has 2 nitrogen and oxygen atoms in total. The van der Waals surface area contributed by atoms with Gasteiger partial charge in [0.15, 0.2) is 0 Å². The van der Waals surface area contributed by atoms with Crippen LogP contribution in [0.15, 0.2) is 18.5 Å². The van der Waals surface area contributed by atoms with Gasteiger partial charge in [0.05, 0.1) is 17.4 Å². The monoisotopic (exact) mass is 258 g/mol. The van der Waals surface area contributed by atoms with Gasteiger partial charge in [-0.25, -0.2) is 4.98 Å². The zero-order valence-corrected chi connectivity index (χ0v) is 12.7. The van der Waals surface area contributed by atoms with Gasteiger partial charge in [0, 0.05) is 6.54 Å². The molecule has 2 aromatic rings. The summed E-state index contributed by atoms with van der Waals surface area (Å²) in [4.78, 5) is 4.55. The number of rotatable bonds is 6. The number of unbranched alkanes of at least 4 members (excludes halogenated alkanes) is 1. The van der Waals surface area contributed by atoms with Gasteiger partial charge in [0.1, 0.15) is 0 Å². The third kappa shape index (κ3) is 3.17. The first-order valence-corrected chi connectivity index (χ1v) is 7.57. The summed E-state index contributed by atoms with van der Waals surface area (Å²) in [6, 6.07) is 4.48. The van der Waals surface area contributed by atoms with E-state index in [4.69, 9.17) is 0 Å². The molecule has 0 N–H and O–H groups in total. The molecule has 1 aromatic carbocycles. The molecule has 0 aliphatic carbocycles. The number of imidazole rings is 1. The van der Waals surface area contributed by atoms with E-state index in [-0.39, 0.29) is 0 Å². The van der Waals surface area contributed by atoms with Gasteiger partial charge in [-0.15, -0.1) is 0 Å². The minimum absolute atomic E-state index is 0.777. The molecule has 104 valence electrons. The number of hydrogen-bond acceptors (Lipinski definition) is 1. The highest BCUT2D eigenvalue weighted by Gasteiger charge is 2.10. The molecule has 0 aliphatic rings. The summed E-state index contributed by atoms with van der Waals surface area (Å²) in [7, 11) is 0. The lowest BCUT2D eigenvalue weighted by Gasteiger charge is -2.16. The van der Waals surface area contributed by atoms with Crippen molar-refractivity contribution in [1.82, 2.24) is 9.55 Å². The van der Waals surface area contributed by atoms with Gasteiger partial charge >= 0.3 is 0 Å². The molecule has 0 bridgehead atoms. The lowest BCUT2D eigenvalue weighted by molar-refractivity contribution is 0.395. The molecule has 1 unspecified atom stereocenters. The average Bonchev–Trinajstić information content (AvgIpc) is 2.77. The molecule has 19 heavy (non-hydrogen) atoms. The Labute approximate surface area is 116 Å². The first-order chi connectivity index (χ1) is 9.15. The second-order valence-electron chi connectivity index (χ2n) is 5.74. The Bertz CT molecular complexity index is 539. The number of hydrogen-bond donors (Lipinski definition) is 0. The topological polar surface area (TPSA) is 17.8 Å². The van der Waals surface area contributed by atoms with Gasteiger partial charge in [-0.3, -0.25) is 0 Å². The van der Waals surface area contributed by atoms with Crippen LogP contribution in [0.5, 0.6) is 0 Å². The number of benzene rings is 1. The van der Waals surface area contributed by atoms with Crippen LogP contribution in [0.1, 0.15) is 50.7 Å². The van der Waals surface area contributed by atoms with Gasteiger partial charge in [0.2, 0.25) is 0 Å². The summed E-state index contributed by atoms with van der Waals surface area (Å²) in [6.45, 7) is 10.0. The van der Waals surface area contributed by atoms with E-state index in [0.29, 0.717) is 0 Å². The zero-order valence-electron chi connectivity index (χ0n) is 12.7. The molecule has 0 amide bonds. The van der Waals surface area contributed by atoms with Crippen molar-refractivity contribution in [2.45, 2.75) is 59.9 Å². The van der Waals surface area contributed by atoms with Gasteiger partial charge < -0.3 is 4.57 Å². The molecular formula is C17H26N2. The predicted molar refractivity (Wildman–Crippen MR) is 82.5 cm³/mol. The maximum Gasteiger partial charge on any atom is 0.0958 e. The summed E-state index contributed by atoms with van der Waals surface area (Å²) in [6.07, 6.45) is 7.23. The van der Waals surface area contributed by atoms with Crippen LogP contribution in [0.25, 0.3) is 11.0 Å². The molecule has 0 saturated carbocycles. The Morgan fingerprint density at radius 3 is 2.58 bits per heavy atom. The molecule has 0 radical (unpaired) electrons. The maximum absolute atomic E-state index is 4.55. The van der Waals surface area contributed by atoms with Crippen molar-refractivity contribution in [1.29, 1.82) is 0 Å². The van der Waals surface area contributed by atoms with Crippen LogP contribution in [-0.4, -0.2) is 9.55 Å².